The van der Waals surface area contributed by atoms with E-state index in [-0.39, 0.29) is 13.0 Å². The average molecular weight is 317 g/mol. The van der Waals surface area contributed by atoms with Gasteiger partial charge in [-0.25, -0.2) is 0 Å². The first-order valence-electron chi connectivity index (χ1n) is 7.16. The summed E-state index contributed by atoms with van der Waals surface area (Å²) < 4.78 is 4.87. The van der Waals surface area contributed by atoms with E-state index in [1.54, 1.807) is 13.8 Å². The van der Waals surface area contributed by atoms with Crippen molar-refractivity contribution in [2.24, 2.45) is 11.7 Å². The number of primary amides is 1. The molecule has 0 aliphatic rings. The van der Waals surface area contributed by atoms with Gasteiger partial charge in [-0.15, -0.1) is 0 Å². The third-order valence-electron chi connectivity index (χ3n) is 3.20. The molecule has 0 heterocycles. The largest absolute Gasteiger partial charge is 0.466 e. The summed E-state index contributed by atoms with van der Waals surface area (Å²) in [6.07, 6.45) is 0.0518. The minimum Gasteiger partial charge on any atom is -0.466 e. The molecular formula is C16H19N3O4. The smallest absolute Gasteiger partial charge is 0.308 e. The van der Waals surface area contributed by atoms with Gasteiger partial charge in [0.1, 0.15) is 6.04 Å². The molecular weight excluding hydrogens is 298 g/mol. The van der Waals surface area contributed by atoms with Crippen LogP contribution < -0.4 is 11.1 Å². The highest BCUT2D eigenvalue weighted by molar-refractivity contribution is 5.97. The number of nitrogens with zero attached hydrogens (tertiary/aromatic N) is 1. The predicted molar refractivity (Wildman–Crippen MR) is 82.0 cm³/mol. The lowest BCUT2D eigenvalue weighted by atomic mass is 10.0. The van der Waals surface area contributed by atoms with E-state index in [1.165, 1.54) is 24.3 Å². The Balaban J connectivity index is 2.75. The number of nitrogens with one attached hydrogen (secondary N) is 1. The van der Waals surface area contributed by atoms with Crippen molar-refractivity contribution in [1.29, 1.82) is 5.26 Å². The minimum atomic E-state index is -0.988. The zero-order chi connectivity index (χ0) is 17.4. The maximum absolute atomic E-state index is 12.1. The van der Waals surface area contributed by atoms with Crippen LogP contribution in [0.4, 0.5) is 0 Å². The molecule has 0 fully saturated rings. The molecule has 2 atom stereocenters. The first-order valence-corrected chi connectivity index (χ1v) is 7.16. The van der Waals surface area contributed by atoms with Gasteiger partial charge >= 0.3 is 5.97 Å². The van der Waals surface area contributed by atoms with E-state index >= 15 is 0 Å². The fourth-order valence-electron chi connectivity index (χ4n) is 1.92. The van der Waals surface area contributed by atoms with Gasteiger partial charge in [-0.2, -0.15) is 5.26 Å². The molecule has 2 amide bonds. The zero-order valence-corrected chi connectivity index (χ0v) is 13.0. The number of carbonyl (C=O) groups excluding carboxylic acids is 3. The number of amides is 2. The number of hydrogen-bond donors (Lipinski definition) is 2. The molecule has 23 heavy (non-hydrogen) atoms. The Labute approximate surface area is 134 Å². The Kier molecular flexibility index (Phi) is 6.74. The number of ether oxygens (including phenoxy) is 1. The van der Waals surface area contributed by atoms with Gasteiger partial charge in [0.05, 0.1) is 24.2 Å². The van der Waals surface area contributed by atoms with Crippen molar-refractivity contribution in [2.75, 3.05) is 6.61 Å². The van der Waals surface area contributed by atoms with Crippen LogP contribution in [0.3, 0.4) is 0 Å². The van der Waals surface area contributed by atoms with Crippen molar-refractivity contribution in [3.8, 4) is 6.07 Å². The summed E-state index contributed by atoms with van der Waals surface area (Å²) in [7, 11) is 0. The lowest BCUT2D eigenvalue weighted by Crippen LogP contribution is -2.46. The van der Waals surface area contributed by atoms with Gasteiger partial charge in [0, 0.05) is 5.56 Å². The third-order valence-corrected chi connectivity index (χ3v) is 3.20. The lowest BCUT2D eigenvalue weighted by molar-refractivity contribution is -0.147. The summed E-state index contributed by atoms with van der Waals surface area (Å²) in [6, 6.07) is 6.89. The second-order valence-electron chi connectivity index (χ2n) is 5.01. The minimum absolute atomic E-state index is 0.0518. The van der Waals surface area contributed by atoms with Crippen LogP contribution in [0, 0.1) is 17.2 Å². The summed E-state index contributed by atoms with van der Waals surface area (Å²) in [5.74, 6) is -2.27. The quantitative estimate of drug-likeness (QED) is 0.718. The van der Waals surface area contributed by atoms with Gasteiger partial charge in [0.2, 0.25) is 5.91 Å². The molecule has 1 aromatic rings. The first-order chi connectivity index (χ1) is 10.9. The highest BCUT2D eigenvalue weighted by Gasteiger charge is 2.25. The van der Waals surface area contributed by atoms with Gasteiger partial charge in [0.15, 0.2) is 0 Å². The Bertz CT molecular complexity index is 619. The molecule has 0 saturated carbocycles. The maximum atomic E-state index is 12.1. The second kappa shape index (κ2) is 8.54. The Hall–Kier alpha value is -2.88. The number of esters is 1. The normalized spacial score (nSPS) is 12.6. The van der Waals surface area contributed by atoms with Crippen LogP contribution in [-0.2, 0) is 14.3 Å². The molecule has 7 heteroatoms. The van der Waals surface area contributed by atoms with E-state index < -0.39 is 29.7 Å². The Morgan fingerprint density at radius 1 is 1.30 bits per heavy atom. The number of nitriles is 1. The SMILES string of the molecule is CCOC(=O)[C@H](C)C[C@H](NC(=O)c1ccc(C#N)cc1)C(N)=O. The molecule has 7 nitrogen and oxygen atoms in total. The van der Waals surface area contributed by atoms with Gasteiger partial charge < -0.3 is 15.8 Å². The summed E-state index contributed by atoms with van der Waals surface area (Å²) in [4.78, 5) is 35.2. The van der Waals surface area contributed by atoms with Crippen molar-refractivity contribution < 1.29 is 19.1 Å². The van der Waals surface area contributed by atoms with Crippen LogP contribution in [0.1, 0.15) is 36.2 Å². The molecule has 1 rings (SSSR count). The highest BCUT2D eigenvalue weighted by atomic mass is 16.5. The Morgan fingerprint density at radius 2 is 1.91 bits per heavy atom. The number of hydrogen-bond acceptors (Lipinski definition) is 5. The molecule has 0 saturated heterocycles. The predicted octanol–water partition coefficient (Wildman–Crippen LogP) is 0.731. The van der Waals surface area contributed by atoms with E-state index in [0.717, 1.165) is 0 Å². The number of carbonyl (C=O) groups is 3. The monoisotopic (exact) mass is 317 g/mol. The van der Waals surface area contributed by atoms with Crippen LogP contribution in [0.25, 0.3) is 0 Å². The van der Waals surface area contributed by atoms with Crippen molar-refractivity contribution >= 4 is 17.8 Å². The average Bonchev–Trinajstić information content (AvgIpc) is 2.54. The van der Waals surface area contributed by atoms with Crippen molar-refractivity contribution in [1.82, 2.24) is 5.32 Å². The summed E-state index contributed by atoms with van der Waals surface area (Å²) >= 11 is 0. The zero-order valence-electron chi connectivity index (χ0n) is 13.0. The molecule has 3 N–H and O–H groups in total. The molecule has 0 radical (unpaired) electrons. The van der Waals surface area contributed by atoms with Crippen LogP contribution >= 0.6 is 0 Å². The second-order valence-corrected chi connectivity index (χ2v) is 5.01. The topological polar surface area (TPSA) is 122 Å². The molecule has 122 valence electrons. The summed E-state index contributed by atoms with van der Waals surface area (Å²) in [5.41, 5.74) is 5.99. The van der Waals surface area contributed by atoms with E-state index in [4.69, 9.17) is 15.7 Å². The molecule has 0 unspecified atom stereocenters. The third kappa shape index (κ3) is 5.43. The van der Waals surface area contributed by atoms with Gasteiger partial charge in [-0.3, -0.25) is 14.4 Å². The van der Waals surface area contributed by atoms with Crippen LogP contribution in [0.5, 0.6) is 0 Å². The molecule has 0 aliphatic carbocycles. The van der Waals surface area contributed by atoms with Gasteiger partial charge in [-0.1, -0.05) is 6.92 Å². The molecule has 1 aromatic carbocycles. The standard InChI is InChI=1S/C16H19N3O4/c1-3-23-16(22)10(2)8-13(14(18)20)19-15(21)12-6-4-11(9-17)5-7-12/h4-7,10,13H,3,8H2,1-2H3,(H2,18,20)(H,19,21)/t10-,13+/m1/s1. The van der Waals surface area contributed by atoms with Crippen LogP contribution in [0.2, 0.25) is 0 Å². The summed E-state index contributed by atoms with van der Waals surface area (Å²) in [5, 5.41) is 11.2. The van der Waals surface area contributed by atoms with Gasteiger partial charge in [-0.05, 0) is 37.6 Å². The fourth-order valence-corrected chi connectivity index (χ4v) is 1.92. The number of nitrogens with two attached hydrogens (primary N) is 1. The van der Waals surface area contributed by atoms with Crippen molar-refractivity contribution in [2.45, 2.75) is 26.3 Å². The summed E-state index contributed by atoms with van der Waals surface area (Å²) in [6.45, 7) is 3.52. The van der Waals surface area contributed by atoms with E-state index in [1.807, 2.05) is 6.07 Å². The number of benzene rings is 1. The fraction of sp³-hybridized carbons (Fsp3) is 0.375. The maximum Gasteiger partial charge on any atom is 0.308 e. The van der Waals surface area contributed by atoms with E-state index in [9.17, 15) is 14.4 Å². The molecule has 0 aliphatic heterocycles. The molecule has 0 spiro atoms. The van der Waals surface area contributed by atoms with Crippen LogP contribution in [0.15, 0.2) is 24.3 Å². The highest BCUT2D eigenvalue weighted by Crippen LogP contribution is 2.10. The van der Waals surface area contributed by atoms with E-state index in [0.29, 0.717) is 11.1 Å². The van der Waals surface area contributed by atoms with Crippen molar-refractivity contribution in [3.05, 3.63) is 35.4 Å². The van der Waals surface area contributed by atoms with Crippen molar-refractivity contribution in [3.63, 3.8) is 0 Å². The molecule has 0 bridgehead atoms. The number of rotatable bonds is 7. The van der Waals surface area contributed by atoms with E-state index in [2.05, 4.69) is 5.32 Å². The molecule has 0 aromatic heterocycles. The Morgan fingerprint density at radius 3 is 2.39 bits per heavy atom. The van der Waals surface area contributed by atoms with Crippen LogP contribution in [-0.4, -0.2) is 30.4 Å². The lowest BCUT2D eigenvalue weighted by Gasteiger charge is -2.18. The first kappa shape index (κ1) is 18.2. The van der Waals surface area contributed by atoms with Gasteiger partial charge in [0.25, 0.3) is 5.91 Å².